The number of rotatable bonds is 6. The van der Waals surface area contributed by atoms with Crippen LogP contribution in [0.15, 0.2) is 0 Å². The highest BCUT2D eigenvalue weighted by molar-refractivity contribution is 8.01. The summed E-state index contributed by atoms with van der Waals surface area (Å²) in [4.78, 5) is 13.3. The number of nitrogens with zero attached hydrogens (tertiary/aromatic N) is 1. The van der Waals surface area contributed by atoms with Crippen LogP contribution in [0.25, 0.3) is 0 Å². The molecule has 0 radical (unpaired) electrons. The normalized spacial score (nSPS) is 18.3. The van der Waals surface area contributed by atoms with Gasteiger partial charge < -0.3 is 10.0 Å². The molecule has 0 saturated carbocycles. The summed E-state index contributed by atoms with van der Waals surface area (Å²) in [6.45, 7) is 7.13. The third-order valence-electron chi connectivity index (χ3n) is 2.80. The molecule has 1 saturated heterocycles. The Balaban J connectivity index is 2.08. The van der Waals surface area contributed by atoms with E-state index in [9.17, 15) is 4.79 Å². The van der Waals surface area contributed by atoms with E-state index in [0.717, 1.165) is 18.7 Å². The van der Waals surface area contributed by atoms with E-state index in [1.807, 2.05) is 0 Å². The maximum atomic E-state index is 10.8. The first kappa shape index (κ1) is 12.8. The minimum atomic E-state index is -0.714. The Bertz CT molecular complexity index is 213. The van der Waals surface area contributed by atoms with E-state index < -0.39 is 10.7 Å². The fraction of sp³-hybridized carbons (Fsp3) is 0.909. The Kier molecular flexibility index (Phi) is 4.93. The number of carboxylic acid groups (broad SMARTS) is 1. The van der Waals surface area contributed by atoms with Crippen LogP contribution in [0.1, 0.15) is 33.1 Å². The van der Waals surface area contributed by atoms with Gasteiger partial charge in [-0.05, 0) is 58.5 Å². The molecule has 0 spiro atoms. The predicted molar refractivity (Wildman–Crippen MR) is 64.5 cm³/mol. The highest BCUT2D eigenvalue weighted by Crippen LogP contribution is 2.25. The van der Waals surface area contributed by atoms with Gasteiger partial charge in [0, 0.05) is 0 Å². The van der Waals surface area contributed by atoms with Crippen LogP contribution in [-0.4, -0.2) is 46.1 Å². The second kappa shape index (κ2) is 5.75. The molecule has 1 heterocycles. The quantitative estimate of drug-likeness (QED) is 0.710. The summed E-state index contributed by atoms with van der Waals surface area (Å²) in [6, 6.07) is 0. The van der Waals surface area contributed by atoms with Crippen LogP contribution in [0.3, 0.4) is 0 Å². The summed E-state index contributed by atoms with van der Waals surface area (Å²) in [5.74, 6) is 0.226. The maximum absolute atomic E-state index is 10.8. The molecule has 0 bridgehead atoms. The number of thioether (sulfide) groups is 1. The van der Waals surface area contributed by atoms with E-state index in [-0.39, 0.29) is 0 Å². The molecule has 0 aromatic heterocycles. The molecule has 1 rings (SSSR count). The first-order chi connectivity index (χ1) is 7.02. The van der Waals surface area contributed by atoms with Gasteiger partial charge in [0.1, 0.15) is 4.75 Å². The Morgan fingerprint density at radius 2 is 2.00 bits per heavy atom. The Morgan fingerprint density at radius 3 is 2.53 bits per heavy atom. The Labute approximate surface area is 96.2 Å². The molecular formula is C11H21NO2S. The number of likely N-dealkylation sites (tertiary alicyclic amines) is 1. The molecule has 88 valence electrons. The highest BCUT2D eigenvalue weighted by atomic mass is 32.2. The van der Waals surface area contributed by atoms with E-state index in [2.05, 4.69) is 4.90 Å². The Morgan fingerprint density at radius 1 is 1.40 bits per heavy atom. The molecule has 4 heteroatoms. The van der Waals surface area contributed by atoms with E-state index in [4.69, 9.17) is 5.11 Å². The molecule has 1 aliphatic heterocycles. The van der Waals surface area contributed by atoms with E-state index >= 15 is 0 Å². The average Bonchev–Trinajstić information content (AvgIpc) is 2.64. The molecule has 1 aliphatic rings. The molecule has 1 N–H and O–H groups in total. The zero-order chi connectivity index (χ0) is 11.3. The molecular weight excluding hydrogens is 210 g/mol. The lowest BCUT2D eigenvalue weighted by Crippen LogP contribution is -2.28. The summed E-state index contributed by atoms with van der Waals surface area (Å²) >= 11 is 1.54. The molecule has 0 aromatic carbocycles. The largest absolute Gasteiger partial charge is 0.480 e. The predicted octanol–water partition coefficient (Wildman–Crippen LogP) is 2.07. The molecule has 0 aliphatic carbocycles. The van der Waals surface area contributed by atoms with Crippen LogP contribution in [0, 0.1) is 0 Å². The second-order valence-electron chi connectivity index (χ2n) is 4.57. The minimum absolute atomic E-state index is 0.634. The summed E-state index contributed by atoms with van der Waals surface area (Å²) in [6.07, 6.45) is 3.75. The fourth-order valence-corrected chi connectivity index (χ4v) is 2.59. The van der Waals surface area contributed by atoms with Gasteiger partial charge in [-0.15, -0.1) is 11.8 Å². The third-order valence-corrected chi connectivity index (χ3v) is 4.18. The lowest BCUT2D eigenvalue weighted by molar-refractivity contribution is -0.138. The van der Waals surface area contributed by atoms with E-state index in [1.54, 1.807) is 25.6 Å². The first-order valence-electron chi connectivity index (χ1n) is 5.62. The van der Waals surface area contributed by atoms with Gasteiger partial charge in [0.25, 0.3) is 0 Å². The van der Waals surface area contributed by atoms with Gasteiger partial charge in [-0.3, -0.25) is 4.79 Å². The second-order valence-corrected chi connectivity index (χ2v) is 6.28. The van der Waals surface area contributed by atoms with Crippen molar-refractivity contribution in [2.45, 2.75) is 37.9 Å². The SMILES string of the molecule is CC(C)(SCCCN1CCCC1)C(=O)O. The molecule has 0 unspecified atom stereocenters. The number of hydrogen-bond acceptors (Lipinski definition) is 3. The van der Waals surface area contributed by atoms with Crippen LogP contribution in [-0.2, 0) is 4.79 Å². The van der Waals surface area contributed by atoms with Crippen molar-refractivity contribution in [2.24, 2.45) is 0 Å². The molecule has 15 heavy (non-hydrogen) atoms. The zero-order valence-electron chi connectivity index (χ0n) is 9.66. The summed E-state index contributed by atoms with van der Waals surface area (Å²) in [7, 11) is 0. The van der Waals surface area contributed by atoms with Crippen molar-refractivity contribution in [1.29, 1.82) is 0 Å². The first-order valence-corrected chi connectivity index (χ1v) is 6.60. The summed E-state index contributed by atoms with van der Waals surface area (Å²) in [5.41, 5.74) is 0. The summed E-state index contributed by atoms with van der Waals surface area (Å²) in [5, 5.41) is 8.92. The number of hydrogen-bond donors (Lipinski definition) is 1. The molecule has 1 fully saturated rings. The van der Waals surface area contributed by atoms with Crippen LogP contribution < -0.4 is 0 Å². The van der Waals surface area contributed by atoms with Crippen molar-refractivity contribution >= 4 is 17.7 Å². The highest BCUT2D eigenvalue weighted by Gasteiger charge is 2.27. The number of carbonyl (C=O) groups is 1. The van der Waals surface area contributed by atoms with Gasteiger partial charge in [-0.2, -0.15) is 0 Å². The number of carboxylic acids is 1. The van der Waals surface area contributed by atoms with Gasteiger partial charge in [0.05, 0.1) is 0 Å². The summed E-state index contributed by atoms with van der Waals surface area (Å²) < 4.78 is -0.634. The topological polar surface area (TPSA) is 40.5 Å². The van der Waals surface area contributed by atoms with Crippen LogP contribution in [0.5, 0.6) is 0 Å². The van der Waals surface area contributed by atoms with Gasteiger partial charge >= 0.3 is 5.97 Å². The van der Waals surface area contributed by atoms with Crippen molar-refractivity contribution in [3.8, 4) is 0 Å². The fourth-order valence-electron chi connectivity index (χ4n) is 1.68. The van der Waals surface area contributed by atoms with Crippen molar-refractivity contribution in [3.05, 3.63) is 0 Å². The maximum Gasteiger partial charge on any atom is 0.319 e. The smallest absolute Gasteiger partial charge is 0.319 e. The van der Waals surface area contributed by atoms with Gasteiger partial charge in [-0.25, -0.2) is 0 Å². The van der Waals surface area contributed by atoms with Crippen LogP contribution in [0.4, 0.5) is 0 Å². The van der Waals surface area contributed by atoms with Gasteiger partial charge in [0.2, 0.25) is 0 Å². The lowest BCUT2D eigenvalue weighted by Gasteiger charge is -2.19. The van der Waals surface area contributed by atoms with Crippen molar-refractivity contribution < 1.29 is 9.90 Å². The van der Waals surface area contributed by atoms with Crippen molar-refractivity contribution in [3.63, 3.8) is 0 Å². The number of aliphatic carboxylic acids is 1. The lowest BCUT2D eigenvalue weighted by atomic mass is 10.2. The Hall–Kier alpha value is -0.220. The standard InChI is InChI=1S/C11H21NO2S/c1-11(2,10(13)14)15-9-5-8-12-6-3-4-7-12/h3-9H2,1-2H3,(H,13,14). The van der Waals surface area contributed by atoms with Crippen LogP contribution >= 0.6 is 11.8 Å². The molecule has 0 atom stereocenters. The monoisotopic (exact) mass is 231 g/mol. The van der Waals surface area contributed by atoms with Crippen molar-refractivity contribution in [2.75, 3.05) is 25.4 Å². The van der Waals surface area contributed by atoms with E-state index in [1.165, 1.54) is 25.9 Å². The van der Waals surface area contributed by atoms with Crippen molar-refractivity contribution in [1.82, 2.24) is 4.90 Å². The van der Waals surface area contributed by atoms with Gasteiger partial charge in [-0.1, -0.05) is 0 Å². The van der Waals surface area contributed by atoms with Gasteiger partial charge in [0.15, 0.2) is 0 Å². The van der Waals surface area contributed by atoms with Crippen LogP contribution in [0.2, 0.25) is 0 Å². The average molecular weight is 231 g/mol. The third kappa shape index (κ3) is 4.43. The minimum Gasteiger partial charge on any atom is -0.480 e. The molecule has 3 nitrogen and oxygen atoms in total. The molecule has 0 amide bonds. The molecule has 0 aromatic rings. The van der Waals surface area contributed by atoms with E-state index in [0.29, 0.717) is 0 Å². The zero-order valence-corrected chi connectivity index (χ0v) is 10.5.